The third kappa shape index (κ3) is 3.11. The standard InChI is InChI=1S/C15H18FN3O2/c1-10(15-18-17-11(2)21-15)19-7-8-20-14(9-19)12-3-5-13(16)6-4-12/h3-6,10,14H,7-9H2,1-2H3/t10-,14-/m1/s1. The summed E-state index contributed by atoms with van der Waals surface area (Å²) in [6, 6.07) is 6.50. The molecule has 112 valence electrons. The van der Waals surface area contributed by atoms with Gasteiger partial charge in [-0.05, 0) is 24.6 Å². The van der Waals surface area contributed by atoms with Gasteiger partial charge in [-0.15, -0.1) is 10.2 Å². The number of nitrogens with zero attached hydrogens (tertiary/aromatic N) is 3. The number of ether oxygens (including phenoxy) is 1. The molecule has 21 heavy (non-hydrogen) atoms. The van der Waals surface area contributed by atoms with E-state index in [-0.39, 0.29) is 18.0 Å². The van der Waals surface area contributed by atoms with Gasteiger partial charge < -0.3 is 9.15 Å². The molecule has 2 aromatic rings. The molecule has 0 spiro atoms. The van der Waals surface area contributed by atoms with Gasteiger partial charge in [0.1, 0.15) is 5.82 Å². The Hall–Kier alpha value is -1.79. The lowest BCUT2D eigenvalue weighted by Gasteiger charge is -2.35. The van der Waals surface area contributed by atoms with Crippen LogP contribution in [0.25, 0.3) is 0 Å². The van der Waals surface area contributed by atoms with Crippen LogP contribution in [0.4, 0.5) is 4.39 Å². The third-order valence-electron chi connectivity index (χ3n) is 3.79. The molecule has 0 unspecified atom stereocenters. The van der Waals surface area contributed by atoms with Crippen LogP contribution >= 0.6 is 0 Å². The molecule has 2 atom stereocenters. The Bertz CT molecular complexity index is 599. The van der Waals surface area contributed by atoms with E-state index in [4.69, 9.17) is 9.15 Å². The number of hydrogen-bond acceptors (Lipinski definition) is 5. The van der Waals surface area contributed by atoms with E-state index in [9.17, 15) is 4.39 Å². The van der Waals surface area contributed by atoms with Crippen molar-refractivity contribution in [2.75, 3.05) is 19.7 Å². The van der Waals surface area contributed by atoms with Gasteiger partial charge in [-0.1, -0.05) is 12.1 Å². The van der Waals surface area contributed by atoms with Crippen molar-refractivity contribution in [3.8, 4) is 0 Å². The summed E-state index contributed by atoms with van der Waals surface area (Å²) in [6.45, 7) is 5.97. The normalized spacial score (nSPS) is 21.4. The van der Waals surface area contributed by atoms with Crippen LogP contribution in [0, 0.1) is 12.7 Å². The average molecular weight is 291 g/mol. The minimum absolute atomic E-state index is 0.0399. The van der Waals surface area contributed by atoms with Crippen LogP contribution in [-0.2, 0) is 4.74 Å². The van der Waals surface area contributed by atoms with Gasteiger partial charge in [-0.3, -0.25) is 4.90 Å². The van der Waals surface area contributed by atoms with Crippen molar-refractivity contribution in [2.45, 2.75) is 26.0 Å². The molecule has 1 aromatic carbocycles. The van der Waals surface area contributed by atoms with Gasteiger partial charge in [0.15, 0.2) is 0 Å². The highest BCUT2D eigenvalue weighted by Gasteiger charge is 2.28. The minimum Gasteiger partial charge on any atom is -0.424 e. The zero-order valence-corrected chi connectivity index (χ0v) is 12.1. The smallest absolute Gasteiger partial charge is 0.233 e. The van der Waals surface area contributed by atoms with Gasteiger partial charge >= 0.3 is 0 Å². The van der Waals surface area contributed by atoms with Gasteiger partial charge in [0.2, 0.25) is 11.8 Å². The first-order valence-electron chi connectivity index (χ1n) is 7.04. The molecule has 2 heterocycles. The summed E-state index contributed by atoms with van der Waals surface area (Å²) in [4.78, 5) is 2.24. The molecule has 5 nitrogen and oxygen atoms in total. The van der Waals surface area contributed by atoms with E-state index in [1.54, 1.807) is 19.1 Å². The molecule has 1 saturated heterocycles. The quantitative estimate of drug-likeness (QED) is 0.870. The number of halogens is 1. The van der Waals surface area contributed by atoms with Crippen LogP contribution in [0.2, 0.25) is 0 Å². The van der Waals surface area contributed by atoms with Gasteiger partial charge in [0.05, 0.1) is 18.8 Å². The molecule has 0 amide bonds. The molecular formula is C15H18FN3O2. The number of benzene rings is 1. The molecule has 0 saturated carbocycles. The number of hydrogen-bond donors (Lipinski definition) is 0. The highest BCUT2D eigenvalue weighted by atomic mass is 19.1. The van der Waals surface area contributed by atoms with Crippen molar-refractivity contribution in [1.29, 1.82) is 0 Å². The van der Waals surface area contributed by atoms with Gasteiger partial charge in [0, 0.05) is 20.0 Å². The first-order chi connectivity index (χ1) is 10.1. The average Bonchev–Trinajstić information content (AvgIpc) is 2.94. The lowest BCUT2D eigenvalue weighted by atomic mass is 10.1. The minimum atomic E-state index is -0.235. The second-order valence-electron chi connectivity index (χ2n) is 5.24. The second-order valence-corrected chi connectivity index (χ2v) is 5.24. The second kappa shape index (κ2) is 5.91. The molecule has 0 aliphatic carbocycles. The highest BCUT2D eigenvalue weighted by molar-refractivity contribution is 5.19. The summed E-state index contributed by atoms with van der Waals surface area (Å²) in [5, 5.41) is 7.95. The summed E-state index contributed by atoms with van der Waals surface area (Å²) in [5.41, 5.74) is 0.981. The molecule has 1 aliphatic rings. The zero-order chi connectivity index (χ0) is 14.8. The van der Waals surface area contributed by atoms with Crippen molar-refractivity contribution in [3.63, 3.8) is 0 Å². The fraction of sp³-hybridized carbons (Fsp3) is 0.467. The monoisotopic (exact) mass is 291 g/mol. The largest absolute Gasteiger partial charge is 0.424 e. The molecular weight excluding hydrogens is 273 g/mol. The maximum atomic E-state index is 13.0. The number of aromatic nitrogens is 2. The Kier molecular flexibility index (Phi) is 3.98. The summed E-state index contributed by atoms with van der Waals surface area (Å²) in [6.07, 6.45) is -0.0641. The predicted molar refractivity (Wildman–Crippen MR) is 74.1 cm³/mol. The molecule has 1 aromatic heterocycles. The lowest BCUT2D eigenvalue weighted by Crippen LogP contribution is -2.40. The first-order valence-corrected chi connectivity index (χ1v) is 7.04. The van der Waals surface area contributed by atoms with Crippen LogP contribution in [0.3, 0.4) is 0 Å². The van der Waals surface area contributed by atoms with Gasteiger partial charge in [-0.2, -0.15) is 0 Å². The van der Waals surface area contributed by atoms with Crippen LogP contribution < -0.4 is 0 Å². The topological polar surface area (TPSA) is 51.4 Å². The predicted octanol–water partition coefficient (Wildman–Crippen LogP) is 2.65. The lowest BCUT2D eigenvalue weighted by molar-refractivity contribution is -0.0464. The van der Waals surface area contributed by atoms with E-state index in [0.717, 1.165) is 12.1 Å². The Morgan fingerprint density at radius 1 is 1.29 bits per heavy atom. The van der Waals surface area contributed by atoms with E-state index < -0.39 is 0 Å². The van der Waals surface area contributed by atoms with E-state index in [1.165, 1.54) is 12.1 Å². The Labute approximate surface area is 122 Å². The first kappa shape index (κ1) is 14.2. The molecule has 1 fully saturated rings. The summed E-state index contributed by atoms with van der Waals surface area (Å²) >= 11 is 0. The number of morpholine rings is 1. The van der Waals surface area contributed by atoms with Crippen molar-refractivity contribution in [3.05, 3.63) is 47.4 Å². The SMILES string of the molecule is Cc1nnc([C@@H](C)N2CCO[C@@H](c3ccc(F)cc3)C2)o1. The molecule has 0 bridgehead atoms. The highest BCUT2D eigenvalue weighted by Crippen LogP contribution is 2.28. The van der Waals surface area contributed by atoms with E-state index in [2.05, 4.69) is 15.1 Å². The fourth-order valence-electron chi connectivity index (χ4n) is 2.54. The zero-order valence-electron chi connectivity index (χ0n) is 12.1. The number of aryl methyl sites for hydroxylation is 1. The maximum Gasteiger partial charge on any atom is 0.233 e. The van der Waals surface area contributed by atoms with Crippen molar-refractivity contribution in [1.82, 2.24) is 15.1 Å². The summed E-state index contributed by atoms with van der Waals surface area (Å²) in [7, 11) is 0. The maximum absolute atomic E-state index is 13.0. The fourth-order valence-corrected chi connectivity index (χ4v) is 2.54. The van der Waals surface area contributed by atoms with Crippen LogP contribution in [0.1, 0.15) is 36.4 Å². The Morgan fingerprint density at radius 3 is 2.71 bits per heavy atom. The molecule has 1 aliphatic heterocycles. The Balaban J connectivity index is 1.72. The van der Waals surface area contributed by atoms with Crippen molar-refractivity contribution >= 4 is 0 Å². The van der Waals surface area contributed by atoms with Gasteiger partial charge in [-0.25, -0.2) is 4.39 Å². The van der Waals surface area contributed by atoms with Crippen LogP contribution in [-0.4, -0.2) is 34.8 Å². The van der Waals surface area contributed by atoms with E-state index in [0.29, 0.717) is 24.9 Å². The van der Waals surface area contributed by atoms with Crippen LogP contribution in [0.15, 0.2) is 28.7 Å². The van der Waals surface area contributed by atoms with Crippen molar-refractivity contribution < 1.29 is 13.5 Å². The van der Waals surface area contributed by atoms with Crippen molar-refractivity contribution in [2.24, 2.45) is 0 Å². The number of rotatable bonds is 3. The van der Waals surface area contributed by atoms with Gasteiger partial charge in [0.25, 0.3) is 0 Å². The Morgan fingerprint density at radius 2 is 2.05 bits per heavy atom. The van der Waals surface area contributed by atoms with E-state index >= 15 is 0 Å². The molecule has 6 heteroatoms. The van der Waals surface area contributed by atoms with Crippen LogP contribution in [0.5, 0.6) is 0 Å². The summed E-state index contributed by atoms with van der Waals surface area (Å²) < 4.78 is 24.3. The molecule has 0 radical (unpaired) electrons. The van der Waals surface area contributed by atoms with E-state index in [1.807, 2.05) is 6.92 Å². The molecule has 3 rings (SSSR count). The molecule has 0 N–H and O–H groups in total. The summed E-state index contributed by atoms with van der Waals surface area (Å²) in [5.74, 6) is 0.952. The third-order valence-corrected chi connectivity index (χ3v) is 3.79.